The number of phosphoric acid groups is 2. The van der Waals surface area contributed by atoms with Gasteiger partial charge in [-0.2, -0.15) is 0 Å². The van der Waals surface area contributed by atoms with Gasteiger partial charge in [0.2, 0.25) is 0 Å². The summed E-state index contributed by atoms with van der Waals surface area (Å²) in [4.78, 5) is 73.1. The molecule has 0 radical (unpaired) electrons. The third-order valence-electron chi connectivity index (χ3n) is 19.2. The lowest BCUT2D eigenvalue weighted by Crippen LogP contribution is -2.30. The molecule has 3 N–H and O–H groups in total. The highest BCUT2D eigenvalue weighted by Crippen LogP contribution is 2.45. The zero-order valence-electron chi connectivity index (χ0n) is 66.2. The van der Waals surface area contributed by atoms with E-state index in [9.17, 15) is 43.2 Å². The molecule has 0 aliphatic rings. The Morgan fingerprint density at radius 1 is 0.267 bits per heavy atom. The number of unbranched alkanes of at least 4 members (excludes halogenated alkanes) is 51. The van der Waals surface area contributed by atoms with Gasteiger partial charge in [-0.15, -0.1) is 0 Å². The third-order valence-corrected chi connectivity index (χ3v) is 21.1. The van der Waals surface area contributed by atoms with Crippen LogP contribution in [-0.2, 0) is 65.4 Å². The summed E-state index contributed by atoms with van der Waals surface area (Å²) in [6.45, 7) is 9.66. The highest BCUT2D eigenvalue weighted by Gasteiger charge is 2.30. The van der Waals surface area contributed by atoms with Gasteiger partial charge in [0, 0.05) is 25.7 Å². The molecule has 0 aromatic rings. The van der Waals surface area contributed by atoms with Crippen LogP contribution in [0.1, 0.15) is 433 Å². The van der Waals surface area contributed by atoms with Gasteiger partial charge in [-0.25, -0.2) is 9.13 Å². The van der Waals surface area contributed by atoms with E-state index >= 15 is 0 Å². The van der Waals surface area contributed by atoms with Gasteiger partial charge in [-0.1, -0.05) is 382 Å². The van der Waals surface area contributed by atoms with Crippen LogP contribution in [0.5, 0.6) is 0 Å². The first-order valence-electron chi connectivity index (χ1n) is 42.5. The molecular weight excluding hydrogens is 1320 g/mol. The molecule has 0 aromatic heterocycles. The average molecular weight is 1480 g/mol. The topological polar surface area (TPSA) is 237 Å². The van der Waals surface area contributed by atoms with Crippen LogP contribution in [0.4, 0.5) is 0 Å². The minimum absolute atomic E-state index is 0.108. The van der Waals surface area contributed by atoms with Crippen molar-refractivity contribution in [3.63, 3.8) is 0 Å². The summed E-state index contributed by atoms with van der Waals surface area (Å²) in [6, 6.07) is 0. The van der Waals surface area contributed by atoms with Crippen LogP contribution >= 0.6 is 15.6 Å². The minimum Gasteiger partial charge on any atom is -0.462 e. The first-order valence-corrected chi connectivity index (χ1v) is 45.5. The van der Waals surface area contributed by atoms with Gasteiger partial charge in [0.05, 0.1) is 26.4 Å². The lowest BCUT2D eigenvalue weighted by molar-refractivity contribution is -0.161. The number of rotatable bonds is 81. The Hall–Kier alpha value is -1.94. The molecule has 0 spiro atoms. The standard InChI is InChI=1S/C82H160O17P2/c1-7-9-11-13-15-17-19-21-23-24-26-30-34-40-46-52-58-64-79(84)92-70-77(98-82(87)67-61-55-49-42-36-32-28-27-29-33-38-44-50-56-62-74(3)4)72-96-100(88,89)94-68-76(83)69-95-101(90,91)97-73-78(71-93-80(85)65-59-53-47-43-37-39-45-51-57-63-75(5)6)99-81(86)66-60-54-48-41-35-31-25-22-20-18-16-14-12-10-8-2/h74-78,83H,7-73H2,1-6H3,(H,88,89)(H,90,91)/t76-,77-,78-/m1/s1. The Bertz CT molecular complexity index is 1940. The molecule has 0 saturated heterocycles. The Labute approximate surface area is 619 Å². The van der Waals surface area contributed by atoms with Crippen LogP contribution < -0.4 is 0 Å². The average Bonchev–Trinajstić information content (AvgIpc) is 0.944. The maximum Gasteiger partial charge on any atom is 0.472 e. The molecule has 0 rings (SSSR count). The second-order valence-corrected chi connectivity index (χ2v) is 33.4. The lowest BCUT2D eigenvalue weighted by Gasteiger charge is -2.21. The largest absolute Gasteiger partial charge is 0.472 e. The van der Waals surface area contributed by atoms with Crippen LogP contribution in [-0.4, -0.2) is 96.7 Å². The van der Waals surface area contributed by atoms with Gasteiger partial charge in [-0.3, -0.25) is 37.3 Å². The Morgan fingerprint density at radius 3 is 0.673 bits per heavy atom. The summed E-state index contributed by atoms with van der Waals surface area (Å²) in [5, 5.41) is 10.7. The van der Waals surface area contributed by atoms with Crippen molar-refractivity contribution in [2.45, 2.75) is 452 Å². The Balaban J connectivity index is 5.26. The number of aliphatic hydroxyl groups excluding tert-OH is 1. The first kappa shape index (κ1) is 99.1. The van der Waals surface area contributed by atoms with Crippen LogP contribution in [0.15, 0.2) is 0 Å². The molecule has 0 heterocycles. The molecule has 2 unspecified atom stereocenters. The summed E-state index contributed by atoms with van der Waals surface area (Å²) in [5.74, 6) is -0.566. The number of carbonyl (C=O) groups excluding carboxylic acids is 4. The van der Waals surface area contributed by atoms with Gasteiger partial charge >= 0.3 is 39.5 Å². The fourth-order valence-corrected chi connectivity index (χ4v) is 14.3. The van der Waals surface area contributed by atoms with Crippen LogP contribution in [0.25, 0.3) is 0 Å². The Morgan fingerprint density at radius 2 is 0.455 bits per heavy atom. The highest BCUT2D eigenvalue weighted by atomic mass is 31.2. The molecule has 0 aromatic carbocycles. The van der Waals surface area contributed by atoms with Crippen LogP contribution in [0, 0.1) is 11.8 Å². The molecule has 0 amide bonds. The van der Waals surface area contributed by atoms with Crippen molar-refractivity contribution in [3.05, 3.63) is 0 Å². The fraction of sp³-hybridized carbons (Fsp3) is 0.951. The lowest BCUT2D eigenvalue weighted by atomic mass is 10.0. The van der Waals surface area contributed by atoms with Crippen molar-refractivity contribution in [2.24, 2.45) is 11.8 Å². The van der Waals surface area contributed by atoms with Crippen LogP contribution in [0.2, 0.25) is 0 Å². The summed E-state index contributed by atoms with van der Waals surface area (Å²) in [7, 11) is -9.92. The van der Waals surface area contributed by atoms with E-state index in [0.717, 1.165) is 102 Å². The van der Waals surface area contributed by atoms with E-state index < -0.39 is 97.5 Å². The van der Waals surface area contributed by atoms with E-state index in [4.69, 9.17) is 37.0 Å². The molecule has 19 heteroatoms. The molecule has 0 fully saturated rings. The third kappa shape index (κ3) is 76.1. The van der Waals surface area contributed by atoms with Crippen molar-refractivity contribution < 1.29 is 80.2 Å². The van der Waals surface area contributed by atoms with Gasteiger partial charge in [0.25, 0.3) is 0 Å². The van der Waals surface area contributed by atoms with Gasteiger partial charge in [0.1, 0.15) is 19.3 Å². The molecular formula is C82H160O17P2. The number of aliphatic hydroxyl groups is 1. The van der Waals surface area contributed by atoms with E-state index in [1.165, 1.54) is 250 Å². The zero-order valence-corrected chi connectivity index (χ0v) is 68.0. The maximum absolute atomic E-state index is 13.1. The number of hydrogen-bond donors (Lipinski definition) is 3. The summed E-state index contributed by atoms with van der Waals surface area (Å²) in [6.07, 6.45) is 63.7. The molecule has 5 atom stereocenters. The Kier molecular flexibility index (Phi) is 72.2. The van der Waals surface area contributed by atoms with E-state index in [-0.39, 0.29) is 25.7 Å². The molecule has 0 saturated carbocycles. The second-order valence-electron chi connectivity index (χ2n) is 30.5. The zero-order chi connectivity index (χ0) is 74.2. The fourth-order valence-electron chi connectivity index (χ4n) is 12.7. The smallest absolute Gasteiger partial charge is 0.462 e. The SMILES string of the molecule is CCCCCCCCCCCCCCCCCCCC(=O)OC[C@H](COP(=O)(O)OC[C@@H](O)COP(=O)(O)OC[C@@H](COC(=O)CCCCCCCCCCCC(C)C)OC(=O)CCCCCCCCCCCCCCCCC)OC(=O)CCCCCCCCCCCCCCCCC(C)C. The van der Waals surface area contributed by atoms with Crippen LogP contribution in [0.3, 0.4) is 0 Å². The highest BCUT2D eigenvalue weighted by molar-refractivity contribution is 7.47. The van der Waals surface area contributed by atoms with E-state index in [1.54, 1.807) is 0 Å². The maximum atomic E-state index is 13.1. The van der Waals surface area contributed by atoms with E-state index in [1.807, 2.05) is 0 Å². The summed E-state index contributed by atoms with van der Waals surface area (Å²) in [5.41, 5.74) is 0. The number of phosphoric ester groups is 2. The number of carbonyl (C=O) groups is 4. The summed E-state index contributed by atoms with van der Waals surface area (Å²) >= 11 is 0. The molecule has 17 nitrogen and oxygen atoms in total. The predicted octanol–water partition coefficient (Wildman–Crippen LogP) is 24.7. The van der Waals surface area contributed by atoms with Crippen molar-refractivity contribution >= 4 is 39.5 Å². The molecule has 101 heavy (non-hydrogen) atoms. The molecule has 0 bridgehead atoms. The summed E-state index contributed by atoms with van der Waals surface area (Å²) < 4.78 is 68.8. The number of hydrogen-bond acceptors (Lipinski definition) is 15. The van der Waals surface area contributed by atoms with E-state index in [2.05, 4.69) is 41.5 Å². The van der Waals surface area contributed by atoms with Gasteiger partial charge in [0.15, 0.2) is 12.2 Å². The number of esters is 4. The first-order chi connectivity index (χ1) is 48.9. The van der Waals surface area contributed by atoms with Crippen molar-refractivity contribution in [2.75, 3.05) is 39.6 Å². The quantitative estimate of drug-likeness (QED) is 0.0222. The molecule has 600 valence electrons. The molecule has 0 aliphatic carbocycles. The monoisotopic (exact) mass is 1480 g/mol. The number of ether oxygens (including phenoxy) is 4. The second kappa shape index (κ2) is 73.6. The molecule has 0 aliphatic heterocycles. The van der Waals surface area contributed by atoms with Crippen molar-refractivity contribution in [3.8, 4) is 0 Å². The van der Waals surface area contributed by atoms with Crippen molar-refractivity contribution in [1.82, 2.24) is 0 Å². The normalized spacial score (nSPS) is 13.9. The van der Waals surface area contributed by atoms with E-state index in [0.29, 0.717) is 25.7 Å². The predicted molar refractivity (Wildman–Crippen MR) is 414 cm³/mol. The van der Waals surface area contributed by atoms with Gasteiger partial charge in [-0.05, 0) is 37.5 Å². The minimum atomic E-state index is -4.96. The van der Waals surface area contributed by atoms with Crippen molar-refractivity contribution in [1.29, 1.82) is 0 Å². The van der Waals surface area contributed by atoms with Gasteiger partial charge < -0.3 is 33.8 Å².